The predicted octanol–water partition coefficient (Wildman–Crippen LogP) is 11.2. The van der Waals surface area contributed by atoms with Crippen LogP contribution in [0.2, 0.25) is 17.3 Å². The average molecular weight is 944 g/mol. The normalized spacial score (nSPS) is 12.7. The summed E-state index contributed by atoms with van der Waals surface area (Å²) >= 11 is -2.32. The molecule has 0 aliphatic heterocycles. The van der Waals surface area contributed by atoms with Gasteiger partial charge in [0.15, 0.2) is 0 Å². The van der Waals surface area contributed by atoms with Crippen LogP contribution in [0.1, 0.15) is 26.7 Å². The number of hydrogen-bond donors (Lipinski definition) is 0. The molecule has 1 radical (unpaired) electrons. The molecule has 269 valence electrons. The predicted molar refractivity (Wildman–Crippen MR) is 220 cm³/mol. The van der Waals surface area contributed by atoms with Crippen LogP contribution in [0.4, 0.5) is 0 Å². The Morgan fingerprint density at radius 3 is 2.28 bits per heavy atom. The van der Waals surface area contributed by atoms with Crippen molar-refractivity contribution in [1.29, 1.82) is 0 Å². The summed E-state index contributed by atoms with van der Waals surface area (Å²) in [5, 5.41) is 2.01. The number of hydrogen-bond acceptors (Lipinski definition) is 4. The van der Waals surface area contributed by atoms with Gasteiger partial charge >= 0.3 is 157 Å². The quantitative estimate of drug-likeness (QED) is 0.118. The van der Waals surface area contributed by atoms with Crippen LogP contribution in [0.25, 0.3) is 61.4 Å². The minimum atomic E-state index is -2.32. The fraction of sp³-hybridized carbons (Fsp3) is 0.128. The second-order valence-electron chi connectivity index (χ2n) is 14.1. The summed E-state index contributed by atoms with van der Waals surface area (Å²) in [5.74, 6) is 7.42. The van der Waals surface area contributed by atoms with E-state index >= 15 is 0 Å². The molecule has 5 nitrogen and oxygen atoms in total. The zero-order valence-electron chi connectivity index (χ0n) is 32.5. The molecule has 4 heterocycles. The maximum absolute atomic E-state index is 9.05. The topological polar surface area (TPSA) is 56.7 Å². The van der Waals surface area contributed by atoms with Gasteiger partial charge in [0, 0.05) is 37.4 Å². The Kier molecular flexibility index (Phi) is 10.3. The second kappa shape index (κ2) is 16.1. The minimum absolute atomic E-state index is 0. The first-order valence-corrected chi connectivity index (χ1v) is 25.2. The van der Waals surface area contributed by atoms with Crippen molar-refractivity contribution < 1.29 is 27.3 Å². The van der Waals surface area contributed by atoms with E-state index in [9.17, 15) is 0 Å². The second-order valence-corrected chi connectivity index (χ2v) is 24.6. The van der Waals surface area contributed by atoms with E-state index in [0.717, 1.165) is 71.2 Å². The minimum Gasteiger partial charge on any atom is -0.486 e. The van der Waals surface area contributed by atoms with Crippen LogP contribution in [-0.2, 0) is 26.5 Å². The molecule has 4 aromatic heterocycles. The monoisotopic (exact) mass is 945 g/mol. The number of furan rings is 1. The number of rotatable bonds is 7. The molecule has 54 heavy (non-hydrogen) atoms. The average Bonchev–Trinajstić information content (AvgIpc) is 3.80. The molecule has 0 fully saturated rings. The van der Waals surface area contributed by atoms with E-state index in [1.165, 1.54) is 0 Å². The fourth-order valence-electron chi connectivity index (χ4n) is 6.71. The van der Waals surface area contributed by atoms with E-state index in [1.807, 2.05) is 134 Å². The molecule has 0 aliphatic carbocycles. The molecular weight excluding hydrogens is 901 g/mol. The zero-order chi connectivity index (χ0) is 38.2. The van der Waals surface area contributed by atoms with Gasteiger partial charge in [-0.1, -0.05) is 41.3 Å². The van der Waals surface area contributed by atoms with E-state index in [4.69, 9.17) is 12.1 Å². The van der Waals surface area contributed by atoms with Gasteiger partial charge in [0.25, 0.3) is 0 Å². The molecule has 5 aromatic carbocycles. The maximum atomic E-state index is 9.05. The first kappa shape index (κ1) is 34.6. The van der Waals surface area contributed by atoms with Gasteiger partial charge in [-0.15, -0.1) is 18.2 Å². The van der Waals surface area contributed by atoms with Crippen LogP contribution in [0.5, 0.6) is 0 Å². The number of benzene rings is 5. The Morgan fingerprint density at radius 2 is 1.52 bits per heavy atom. The van der Waals surface area contributed by atoms with Gasteiger partial charge in [-0.3, -0.25) is 4.98 Å². The van der Waals surface area contributed by atoms with Gasteiger partial charge in [-0.25, -0.2) is 4.98 Å². The smallest absolute Gasteiger partial charge is 0.216 e. The van der Waals surface area contributed by atoms with Crippen molar-refractivity contribution in [2.24, 2.45) is 0 Å². The van der Waals surface area contributed by atoms with E-state index in [2.05, 4.69) is 62.1 Å². The standard InChI is InChI=1S/C24H14N3O.C23H26GeN.Ir/c1-2-8-16(9-3-1)27-21-14-5-4-13-20(21)26-23(27)19-11-6-10-17-18-12-7-15-25-24(18)28-22(17)19;1-18(19-11-7-5-8-12-19)15-21-16-23(20-13-9-6-10-14-20)25-17-22(21)24(2,3)4;/h1-10,12-15H;5-13,16-18H,15H2,1-4H3;/q2*-1;/i;15D2;. The van der Waals surface area contributed by atoms with Crippen LogP contribution in [0.3, 0.4) is 0 Å². The van der Waals surface area contributed by atoms with Crippen molar-refractivity contribution in [2.45, 2.75) is 36.5 Å². The van der Waals surface area contributed by atoms with Crippen molar-refractivity contribution in [3.8, 4) is 28.3 Å². The van der Waals surface area contributed by atoms with Crippen molar-refractivity contribution >= 4 is 50.8 Å². The van der Waals surface area contributed by atoms with Crippen LogP contribution < -0.4 is 4.40 Å². The van der Waals surface area contributed by atoms with Crippen molar-refractivity contribution in [3.63, 3.8) is 0 Å². The maximum Gasteiger partial charge on any atom is 0.216 e. The van der Waals surface area contributed by atoms with Crippen LogP contribution >= 0.6 is 0 Å². The first-order chi connectivity index (χ1) is 26.6. The van der Waals surface area contributed by atoms with E-state index in [0.29, 0.717) is 5.71 Å². The largest absolute Gasteiger partial charge is 0.486 e. The number of para-hydroxylation sites is 3. The van der Waals surface area contributed by atoms with E-state index in [-0.39, 0.29) is 26.0 Å². The summed E-state index contributed by atoms with van der Waals surface area (Å²) in [6.45, 7) is 1.98. The van der Waals surface area contributed by atoms with Gasteiger partial charge in [-0.2, -0.15) is 0 Å². The molecule has 0 N–H and O–H groups in total. The molecule has 0 amide bonds. The summed E-state index contributed by atoms with van der Waals surface area (Å²) in [6, 6.07) is 52.5. The number of pyridine rings is 2. The molecule has 0 saturated heterocycles. The third-order valence-electron chi connectivity index (χ3n) is 9.38. The molecule has 0 bridgehead atoms. The number of aromatic nitrogens is 4. The van der Waals surface area contributed by atoms with Gasteiger partial charge in [0.1, 0.15) is 0 Å². The molecule has 0 aliphatic rings. The molecule has 7 heteroatoms. The van der Waals surface area contributed by atoms with Crippen LogP contribution in [0, 0.1) is 12.1 Å². The number of imidazole rings is 1. The fourth-order valence-corrected chi connectivity index (χ4v) is 9.65. The zero-order valence-corrected chi connectivity index (χ0v) is 35.0. The van der Waals surface area contributed by atoms with E-state index < -0.39 is 19.6 Å². The molecule has 1 unspecified atom stereocenters. The van der Waals surface area contributed by atoms with Crippen molar-refractivity contribution in [1.82, 2.24) is 19.5 Å². The molecule has 9 aromatic rings. The third kappa shape index (κ3) is 7.60. The summed E-state index contributed by atoms with van der Waals surface area (Å²) < 4.78 is 27.5. The summed E-state index contributed by atoms with van der Waals surface area (Å²) in [5.41, 5.74) is 8.71. The van der Waals surface area contributed by atoms with Gasteiger partial charge in [0.2, 0.25) is 5.71 Å². The van der Waals surface area contributed by atoms with Gasteiger partial charge in [0.05, 0.1) is 22.4 Å². The molecule has 0 spiro atoms. The SMILES string of the molecule is [2H]C([2H])(c1cc(-c2[c-]cccc2)nc[c]1[Ge]([CH3])([CH3])[CH3])C(C)c1ccccc1.[Ir].[c-]1ccc2c(oc3ncccc32)c1-c1nc2ccccc2n1-c1ccccc1. The van der Waals surface area contributed by atoms with Gasteiger partial charge in [-0.05, 0) is 36.4 Å². The summed E-state index contributed by atoms with van der Waals surface area (Å²) in [6.07, 6.45) is 2.18. The Hall–Kier alpha value is -5.14. The Labute approximate surface area is 335 Å². The third-order valence-corrected chi connectivity index (χ3v) is 13.6. The molecule has 9 rings (SSSR count). The van der Waals surface area contributed by atoms with Crippen molar-refractivity contribution in [3.05, 3.63) is 175 Å². The number of nitrogens with zero attached hydrogens (tertiary/aromatic N) is 4. The Bertz CT molecular complexity index is 2750. The van der Waals surface area contributed by atoms with Crippen LogP contribution in [0.15, 0.2) is 156 Å². The molecule has 1 atom stereocenters. The molecule has 0 saturated carbocycles. The Balaban J connectivity index is 0.000000169. The van der Waals surface area contributed by atoms with Crippen LogP contribution in [-0.4, -0.2) is 32.8 Å². The summed E-state index contributed by atoms with van der Waals surface area (Å²) in [7, 11) is 0. The Morgan fingerprint density at radius 1 is 0.778 bits per heavy atom. The molecular formula is C47H40GeIrN4O-2. The van der Waals surface area contributed by atoms with Crippen molar-refractivity contribution in [2.75, 3.05) is 0 Å². The summed E-state index contributed by atoms with van der Waals surface area (Å²) in [4.78, 5) is 14.0. The number of fused-ring (bicyclic) bond motifs is 4. The van der Waals surface area contributed by atoms with Gasteiger partial charge < -0.3 is 8.98 Å². The first-order valence-electron chi connectivity index (χ1n) is 18.9. The van der Waals surface area contributed by atoms with E-state index in [1.54, 1.807) is 6.20 Å².